The first-order valence-electron chi connectivity index (χ1n) is 9.50. The van der Waals surface area contributed by atoms with Crippen LogP contribution in [0.3, 0.4) is 0 Å². The first kappa shape index (κ1) is 18.3. The molecule has 1 aliphatic rings. The molecule has 0 saturated carbocycles. The van der Waals surface area contributed by atoms with Gasteiger partial charge in [0, 0.05) is 23.8 Å². The van der Waals surface area contributed by atoms with E-state index in [-0.39, 0.29) is 0 Å². The van der Waals surface area contributed by atoms with E-state index in [0.717, 1.165) is 39.2 Å². The van der Waals surface area contributed by atoms with Crippen LogP contribution < -0.4 is 0 Å². The maximum atomic E-state index is 6.67. The van der Waals surface area contributed by atoms with Gasteiger partial charge in [-0.1, -0.05) is 91.0 Å². The largest absolute Gasteiger partial charge is 0.453 e. The zero-order valence-corrected chi connectivity index (χ0v) is 16.5. The molecular formula is C26H24O2. The second kappa shape index (κ2) is 7.49. The fourth-order valence-electron chi connectivity index (χ4n) is 4.00. The van der Waals surface area contributed by atoms with E-state index in [1.165, 1.54) is 0 Å². The summed E-state index contributed by atoms with van der Waals surface area (Å²) < 4.78 is 12.8. The van der Waals surface area contributed by atoms with Gasteiger partial charge < -0.3 is 9.47 Å². The third-order valence-corrected chi connectivity index (χ3v) is 5.37. The van der Waals surface area contributed by atoms with E-state index < -0.39 is 5.79 Å². The highest BCUT2D eigenvalue weighted by atomic mass is 16.7. The molecule has 3 aromatic rings. The van der Waals surface area contributed by atoms with Gasteiger partial charge in [-0.25, -0.2) is 0 Å². The van der Waals surface area contributed by atoms with Crippen LogP contribution in [0.15, 0.2) is 102 Å². The number of methoxy groups -OCH3 is 1. The third kappa shape index (κ3) is 2.96. The second-order valence-electron chi connectivity index (χ2n) is 6.97. The lowest BCUT2D eigenvalue weighted by Crippen LogP contribution is -2.36. The highest BCUT2D eigenvalue weighted by Crippen LogP contribution is 2.49. The van der Waals surface area contributed by atoms with E-state index >= 15 is 0 Å². The van der Waals surface area contributed by atoms with E-state index in [1.54, 1.807) is 7.11 Å². The van der Waals surface area contributed by atoms with Gasteiger partial charge in [0.15, 0.2) is 0 Å². The SMILES string of the molecule is COC1(c2ccccc2)OC(c2ccccc2)=C(C)C(c2ccccc2)=C1C. The summed E-state index contributed by atoms with van der Waals surface area (Å²) in [6, 6.07) is 30.8. The Labute approximate surface area is 166 Å². The van der Waals surface area contributed by atoms with E-state index in [0.29, 0.717) is 0 Å². The van der Waals surface area contributed by atoms with E-state index in [4.69, 9.17) is 9.47 Å². The van der Waals surface area contributed by atoms with Crippen molar-refractivity contribution in [2.45, 2.75) is 19.6 Å². The lowest BCUT2D eigenvalue weighted by molar-refractivity contribution is -0.161. The van der Waals surface area contributed by atoms with Gasteiger partial charge >= 0.3 is 0 Å². The first-order chi connectivity index (χ1) is 13.7. The standard InChI is InChI=1S/C26H24O2/c1-19-24(21-13-7-4-8-14-21)20(2)26(27-3,23-17-11-6-12-18-23)28-25(19)22-15-9-5-10-16-22/h4-18H,1-3H3. The maximum Gasteiger partial charge on any atom is 0.260 e. The lowest BCUT2D eigenvalue weighted by Gasteiger charge is -2.41. The van der Waals surface area contributed by atoms with E-state index in [1.807, 2.05) is 42.5 Å². The molecule has 2 nitrogen and oxygen atoms in total. The average Bonchev–Trinajstić information content (AvgIpc) is 2.76. The molecule has 0 aliphatic carbocycles. The second-order valence-corrected chi connectivity index (χ2v) is 6.97. The molecule has 0 amide bonds. The third-order valence-electron chi connectivity index (χ3n) is 5.37. The van der Waals surface area contributed by atoms with Crippen LogP contribution in [0.25, 0.3) is 11.3 Å². The van der Waals surface area contributed by atoms with Crippen molar-refractivity contribution in [3.05, 3.63) is 119 Å². The van der Waals surface area contributed by atoms with Crippen LogP contribution in [0, 0.1) is 0 Å². The van der Waals surface area contributed by atoms with Crippen LogP contribution in [0.4, 0.5) is 0 Å². The molecule has 0 aromatic heterocycles. The highest BCUT2D eigenvalue weighted by molar-refractivity contribution is 5.91. The predicted octanol–water partition coefficient (Wildman–Crippen LogP) is 6.42. The molecule has 28 heavy (non-hydrogen) atoms. The van der Waals surface area contributed by atoms with Gasteiger partial charge in [0.25, 0.3) is 5.79 Å². The van der Waals surface area contributed by atoms with Crippen LogP contribution in [-0.2, 0) is 15.3 Å². The van der Waals surface area contributed by atoms with Crippen molar-refractivity contribution < 1.29 is 9.47 Å². The molecule has 140 valence electrons. The van der Waals surface area contributed by atoms with E-state index in [2.05, 4.69) is 62.4 Å². The Morgan fingerprint density at radius 2 is 1.18 bits per heavy atom. The van der Waals surface area contributed by atoms with Crippen molar-refractivity contribution in [1.82, 2.24) is 0 Å². The van der Waals surface area contributed by atoms with Crippen LogP contribution in [0.5, 0.6) is 0 Å². The molecule has 1 atom stereocenters. The molecular weight excluding hydrogens is 344 g/mol. The Kier molecular flexibility index (Phi) is 4.89. The Bertz CT molecular complexity index is 1020. The predicted molar refractivity (Wildman–Crippen MR) is 114 cm³/mol. The molecule has 0 radical (unpaired) electrons. The highest BCUT2D eigenvalue weighted by Gasteiger charge is 2.43. The number of benzene rings is 3. The number of ether oxygens (including phenoxy) is 2. The topological polar surface area (TPSA) is 18.5 Å². The molecule has 0 spiro atoms. The molecule has 0 bridgehead atoms. The number of hydrogen-bond donors (Lipinski definition) is 0. The summed E-state index contributed by atoms with van der Waals surface area (Å²) >= 11 is 0. The van der Waals surface area contributed by atoms with Gasteiger partial charge in [0.05, 0.1) is 0 Å². The molecule has 1 aliphatic heterocycles. The van der Waals surface area contributed by atoms with Gasteiger partial charge in [0.2, 0.25) is 0 Å². The smallest absolute Gasteiger partial charge is 0.260 e. The summed E-state index contributed by atoms with van der Waals surface area (Å²) in [5.74, 6) is -0.132. The molecule has 0 N–H and O–H groups in total. The van der Waals surface area contributed by atoms with Crippen molar-refractivity contribution in [3.8, 4) is 0 Å². The minimum absolute atomic E-state index is 0.843. The lowest BCUT2D eigenvalue weighted by atomic mass is 9.83. The molecule has 0 saturated heterocycles. The van der Waals surface area contributed by atoms with Gasteiger partial charge in [-0.2, -0.15) is 0 Å². The first-order valence-corrected chi connectivity index (χ1v) is 9.50. The van der Waals surface area contributed by atoms with Gasteiger partial charge in [-0.3, -0.25) is 0 Å². The van der Waals surface area contributed by atoms with Crippen LogP contribution >= 0.6 is 0 Å². The molecule has 2 heteroatoms. The quantitative estimate of drug-likeness (QED) is 0.529. The molecule has 1 heterocycles. The minimum Gasteiger partial charge on any atom is -0.453 e. The molecule has 3 aromatic carbocycles. The van der Waals surface area contributed by atoms with Gasteiger partial charge in [-0.15, -0.1) is 0 Å². The summed E-state index contributed by atoms with van der Waals surface area (Å²) in [5, 5.41) is 0. The van der Waals surface area contributed by atoms with Crippen molar-refractivity contribution in [1.29, 1.82) is 0 Å². The minimum atomic E-state index is -0.975. The maximum absolute atomic E-state index is 6.67. The normalized spacial score (nSPS) is 19.5. The van der Waals surface area contributed by atoms with Gasteiger partial charge in [0.1, 0.15) is 5.76 Å². The molecule has 1 unspecified atom stereocenters. The van der Waals surface area contributed by atoms with Crippen molar-refractivity contribution >= 4 is 11.3 Å². The summed E-state index contributed by atoms with van der Waals surface area (Å²) in [6.45, 7) is 4.23. The number of rotatable bonds is 4. The van der Waals surface area contributed by atoms with Crippen LogP contribution in [0.1, 0.15) is 30.5 Å². The fourth-order valence-corrected chi connectivity index (χ4v) is 4.00. The Morgan fingerprint density at radius 3 is 1.71 bits per heavy atom. The summed E-state index contributed by atoms with van der Waals surface area (Å²) in [7, 11) is 1.71. The Morgan fingerprint density at radius 1 is 0.679 bits per heavy atom. The van der Waals surface area contributed by atoms with Crippen molar-refractivity contribution in [2.24, 2.45) is 0 Å². The average molecular weight is 368 g/mol. The molecule has 4 rings (SSSR count). The summed E-state index contributed by atoms with van der Waals surface area (Å²) in [5.41, 5.74) is 6.49. The zero-order chi connectivity index (χ0) is 19.6. The van der Waals surface area contributed by atoms with Crippen molar-refractivity contribution in [2.75, 3.05) is 7.11 Å². The van der Waals surface area contributed by atoms with Crippen LogP contribution in [-0.4, -0.2) is 7.11 Å². The molecule has 0 fully saturated rings. The Balaban J connectivity index is 2.02. The zero-order valence-electron chi connectivity index (χ0n) is 16.5. The monoisotopic (exact) mass is 368 g/mol. The Hall–Kier alpha value is -3.10. The fraction of sp³-hybridized carbons (Fsp3) is 0.154. The van der Waals surface area contributed by atoms with Crippen molar-refractivity contribution in [3.63, 3.8) is 0 Å². The number of hydrogen-bond acceptors (Lipinski definition) is 2. The van der Waals surface area contributed by atoms with Gasteiger partial charge in [-0.05, 0) is 30.6 Å². The van der Waals surface area contributed by atoms with E-state index in [9.17, 15) is 0 Å². The number of allylic oxidation sites excluding steroid dienone is 2. The van der Waals surface area contributed by atoms with Crippen LogP contribution in [0.2, 0.25) is 0 Å². The summed E-state index contributed by atoms with van der Waals surface area (Å²) in [4.78, 5) is 0. The summed E-state index contributed by atoms with van der Waals surface area (Å²) in [6.07, 6.45) is 0.